The number of nitro groups is 1. The Morgan fingerprint density at radius 3 is 2.50 bits per heavy atom. The zero-order valence-corrected chi connectivity index (χ0v) is 15.1. The Morgan fingerprint density at radius 1 is 1.27 bits per heavy atom. The third-order valence-electron chi connectivity index (χ3n) is 4.22. The third kappa shape index (κ3) is 3.01. The highest BCUT2D eigenvalue weighted by Gasteiger charge is 2.45. The van der Waals surface area contributed by atoms with Crippen molar-refractivity contribution < 1.29 is 14.5 Å². The number of nitro benzene ring substituents is 1. The molecule has 0 bridgehead atoms. The Balaban J connectivity index is 2.06. The first-order valence-corrected chi connectivity index (χ1v) is 8.20. The second-order valence-corrected chi connectivity index (χ2v) is 6.52. The van der Waals surface area contributed by atoms with Crippen molar-refractivity contribution in [2.45, 2.75) is 26.5 Å². The van der Waals surface area contributed by atoms with Crippen molar-refractivity contribution in [3.63, 3.8) is 0 Å². The standard InChI is InChI=1S/C18H16ClN3O4/c1-11-4-7-14(10-16(11)22(24)25)18(3)21(12(2)23)20-17(26-18)13-5-8-15(19)9-6-13/h4-10H,1-3H3/t18-/m1/s1. The summed E-state index contributed by atoms with van der Waals surface area (Å²) < 4.78 is 6.00. The normalized spacial score (nSPS) is 19.1. The summed E-state index contributed by atoms with van der Waals surface area (Å²) in [5, 5.41) is 17.3. The van der Waals surface area contributed by atoms with Gasteiger partial charge < -0.3 is 4.74 Å². The smallest absolute Gasteiger partial charge is 0.272 e. The Labute approximate surface area is 155 Å². The summed E-state index contributed by atoms with van der Waals surface area (Å²) >= 11 is 5.90. The van der Waals surface area contributed by atoms with Crippen LogP contribution in [-0.2, 0) is 15.3 Å². The molecule has 1 aliphatic heterocycles. The highest BCUT2D eigenvalue weighted by atomic mass is 35.5. The van der Waals surface area contributed by atoms with Crippen LogP contribution in [-0.4, -0.2) is 21.7 Å². The molecule has 0 saturated heterocycles. The Bertz CT molecular complexity index is 927. The van der Waals surface area contributed by atoms with Gasteiger partial charge in [0.15, 0.2) is 0 Å². The fourth-order valence-corrected chi connectivity index (χ4v) is 2.92. The zero-order valence-electron chi connectivity index (χ0n) is 14.4. The number of halogens is 1. The fourth-order valence-electron chi connectivity index (χ4n) is 2.79. The average molecular weight is 374 g/mol. The molecule has 8 heteroatoms. The molecular weight excluding hydrogens is 358 g/mol. The van der Waals surface area contributed by atoms with E-state index in [1.165, 1.54) is 18.0 Å². The van der Waals surface area contributed by atoms with Crippen LogP contribution in [0.3, 0.4) is 0 Å². The molecule has 0 radical (unpaired) electrons. The van der Waals surface area contributed by atoms with E-state index >= 15 is 0 Å². The van der Waals surface area contributed by atoms with Crippen LogP contribution in [0.5, 0.6) is 0 Å². The van der Waals surface area contributed by atoms with Gasteiger partial charge >= 0.3 is 0 Å². The Hall–Kier alpha value is -2.93. The molecule has 0 fully saturated rings. The second kappa shape index (κ2) is 6.42. The lowest BCUT2D eigenvalue weighted by Gasteiger charge is -2.31. The summed E-state index contributed by atoms with van der Waals surface area (Å²) in [5.74, 6) is -0.109. The lowest BCUT2D eigenvalue weighted by Crippen LogP contribution is -2.41. The van der Waals surface area contributed by atoms with Gasteiger partial charge in [-0.1, -0.05) is 23.7 Å². The largest absolute Gasteiger partial charge is 0.443 e. The van der Waals surface area contributed by atoms with Crippen molar-refractivity contribution in [2.24, 2.45) is 5.10 Å². The summed E-state index contributed by atoms with van der Waals surface area (Å²) in [6.07, 6.45) is 0. The van der Waals surface area contributed by atoms with E-state index in [0.29, 0.717) is 21.7 Å². The minimum atomic E-state index is -1.29. The number of amides is 1. The second-order valence-electron chi connectivity index (χ2n) is 6.09. The molecule has 1 atom stereocenters. The van der Waals surface area contributed by atoms with Gasteiger partial charge in [-0.25, -0.2) is 0 Å². The number of rotatable bonds is 3. The van der Waals surface area contributed by atoms with E-state index in [9.17, 15) is 14.9 Å². The van der Waals surface area contributed by atoms with Crippen LogP contribution in [0.4, 0.5) is 5.69 Å². The minimum Gasteiger partial charge on any atom is -0.443 e. The monoisotopic (exact) mass is 373 g/mol. The molecular formula is C18H16ClN3O4. The highest BCUT2D eigenvalue weighted by molar-refractivity contribution is 6.30. The maximum Gasteiger partial charge on any atom is 0.272 e. The van der Waals surface area contributed by atoms with Crippen LogP contribution in [0.1, 0.15) is 30.5 Å². The lowest BCUT2D eigenvalue weighted by molar-refractivity contribution is -0.385. The van der Waals surface area contributed by atoms with Crippen molar-refractivity contribution in [3.8, 4) is 0 Å². The van der Waals surface area contributed by atoms with Gasteiger partial charge in [0, 0.05) is 41.6 Å². The average Bonchev–Trinajstić information content (AvgIpc) is 2.94. The van der Waals surface area contributed by atoms with E-state index in [0.717, 1.165) is 0 Å². The van der Waals surface area contributed by atoms with Crippen LogP contribution < -0.4 is 0 Å². The number of aryl methyl sites for hydroxylation is 1. The van der Waals surface area contributed by atoms with Gasteiger partial charge in [-0.2, -0.15) is 5.01 Å². The molecule has 7 nitrogen and oxygen atoms in total. The summed E-state index contributed by atoms with van der Waals surface area (Å²) in [4.78, 5) is 22.9. The predicted octanol–water partition coefficient (Wildman–Crippen LogP) is 3.97. The molecule has 0 aromatic heterocycles. The van der Waals surface area contributed by atoms with Gasteiger partial charge in [0.25, 0.3) is 5.69 Å². The van der Waals surface area contributed by atoms with Crippen LogP contribution in [0.2, 0.25) is 5.02 Å². The fraction of sp³-hybridized carbons (Fsp3) is 0.222. The van der Waals surface area contributed by atoms with Gasteiger partial charge in [-0.05, 0) is 31.2 Å². The van der Waals surface area contributed by atoms with E-state index in [-0.39, 0.29) is 17.5 Å². The van der Waals surface area contributed by atoms with E-state index in [4.69, 9.17) is 16.3 Å². The SMILES string of the molecule is CC(=O)N1N=C(c2ccc(Cl)cc2)O[C@]1(C)c1ccc(C)c([N+](=O)[O-])c1. The molecule has 26 heavy (non-hydrogen) atoms. The van der Waals surface area contributed by atoms with Crippen molar-refractivity contribution >= 4 is 29.1 Å². The summed E-state index contributed by atoms with van der Waals surface area (Å²) in [5.41, 5.74) is 0.284. The molecule has 0 N–H and O–H groups in total. The summed E-state index contributed by atoms with van der Waals surface area (Å²) in [7, 11) is 0. The van der Waals surface area contributed by atoms with E-state index in [2.05, 4.69) is 5.10 Å². The van der Waals surface area contributed by atoms with E-state index in [1.54, 1.807) is 50.2 Å². The van der Waals surface area contributed by atoms with Crippen molar-refractivity contribution in [1.82, 2.24) is 5.01 Å². The number of hydrazone groups is 1. The number of hydrogen-bond acceptors (Lipinski definition) is 5. The summed E-state index contributed by atoms with van der Waals surface area (Å²) in [6.45, 7) is 4.66. The van der Waals surface area contributed by atoms with E-state index < -0.39 is 10.6 Å². The van der Waals surface area contributed by atoms with Crippen LogP contribution in [0, 0.1) is 17.0 Å². The molecule has 0 aliphatic carbocycles. The number of benzene rings is 2. The number of nitrogens with zero attached hydrogens (tertiary/aromatic N) is 3. The van der Waals surface area contributed by atoms with Gasteiger partial charge in [-0.3, -0.25) is 14.9 Å². The maximum atomic E-state index is 12.1. The van der Waals surface area contributed by atoms with Gasteiger partial charge in [0.05, 0.1) is 4.92 Å². The lowest BCUT2D eigenvalue weighted by atomic mass is 10.0. The molecule has 2 aromatic rings. The first-order chi connectivity index (χ1) is 12.2. The Kier molecular flexibility index (Phi) is 4.41. The molecule has 1 heterocycles. The van der Waals surface area contributed by atoms with Crippen LogP contribution in [0.25, 0.3) is 0 Å². The minimum absolute atomic E-state index is 0.0456. The topological polar surface area (TPSA) is 85.0 Å². The van der Waals surface area contributed by atoms with Crippen molar-refractivity contribution in [1.29, 1.82) is 0 Å². The molecule has 134 valence electrons. The zero-order chi connectivity index (χ0) is 19.1. The van der Waals surface area contributed by atoms with Crippen LogP contribution in [0.15, 0.2) is 47.6 Å². The number of carbonyl (C=O) groups excluding carboxylic acids is 1. The first kappa shape index (κ1) is 17.9. The molecule has 1 amide bonds. The number of hydrogen-bond donors (Lipinski definition) is 0. The molecule has 2 aromatic carbocycles. The maximum absolute atomic E-state index is 12.1. The van der Waals surface area contributed by atoms with Crippen molar-refractivity contribution in [2.75, 3.05) is 0 Å². The first-order valence-electron chi connectivity index (χ1n) is 7.82. The molecule has 0 saturated carbocycles. The Morgan fingerprint density at radius 2 is 1.92 bits per heavy atom. The molecule has 0 unspecified atom stereocenters. The number of ether oxygens (including phenoxy) is 1. The molecule has 0 spiro atoms. The molecule has 1 aliphatic rings. The summed E-state index contributed by atoms with van der Waals surface area (Å²) in [6, 6.07) is 11.6. The van der Waals surface area contributed by atoms with Gasteiger partial charge in [-0.15, -0.1) is 5.10 Å². The number of carbonyl (C=O) groups is 1. The van der Waals surface area contributed by atoms with E-state index in [1.807, 2.05) is 0 Å². The molecule has 3 rings (SSSR count). The van der Waals surface area contributed by atoms with Gasteiger partial charge in [0.2, 0.25) is 17.5 Å². The third-order valence-corrected chi connectivity index (χ3v) is 4.47. The quantitative estimate of drug-likeness (QED) is 0.601. The highest BCUT2D eigenvalue weighted by Crippen LogP contribution is 2.38. The predicted molar refractivity (Wildman–Crippen MR) is 96.8 cm³/mol. The van der Waals surface area contributed by atoms with Crippen molar-refractivity contribution in [3.05, 3.63) is 74.3 Å². The van der Waals surface area contributed by atoms with Crippen LogP contribution >= 0.6 is 11.6 Å². The van der Waals surface area contributed by atoms with Gasteiger partial charge in [0.1, 0.15) is 0 Å².